The Morgan fingerprint density at radius 1 is 1.24 bits per heavy atom. The third-order valence-electron chi connectivity index (χ3n) is 3.79. The van der Waals surface area contributed by atoms with E-state index in [1.54, 1.807) is 19.2 Å². The van der Waals surface area contributed by atoms with Crippen molar-refractivity contribution in [3.63, 3.8) is 0 Å². The number of hydrogen-bond acceptors (Lipinski definition) is 4. The van der Waals surface area contributed by atoms with Gasteiger partial charge in [0.05, 0.1) is 28.4 Å². The molecule has 0 spiro atoms. The van der Waals surface area contributed by atoms with Crippen molar-refractivity contribution in [3.8, 4) is 5.75 Å². The number of carbonyl (C=O) groups is 1. The van der Waals surface area contributed by atoms with Gasteiger partial charge in [0.15, 0.2) is 11.3 Å². The molecular formula is C18H16Cl2N2O3. The first kappa shape index (κ1) is 17.6. The molecule has 0 radical (unpaired) electrons. The summed E-state index contributed by atoms with van der Waals surface area (Å²) in [7, 11) is 1.56. The second kappa shape index (κ2) is 6.94. The Morgan fingerprint density at radius 2 is 1.92 bits per heavy atom. The monoisotopic (exact) mass is 378 g/mol. The SMILES string of the molecule is COc1ccc(C(=O)Nc2c(Cl)cncc2Cl)c2cc(C(C)C)oc12. The number of benzene rings is 1. The number of nitrogens with zero attached hydrogens (tertiary/aromatic N) is 1. The average Bonchev–Trinajstić information content (AvgIpc) is 3.02. The maximum atomic E-state index is 12.8. The van der Waals surface area contributed by atoms with Crippen LogP contribution >= 0.6 is 23.2 Å². The molecule has 5 nitrogen and oxygen atoms in total. The minimum absolute atomic E-state index is 0.178. The predicted molar refractivity (Wildman–Crippen MR) is 99.1 cm³/mol. The number of pyridine rings is 1. The van der Waals surface area contributed by atoms with Crippen molar-refractivity contribution >= 4 is 45.8 Å². The first-order valence-electron chi connectivity index (χ1n) is 7.63. The Hall–Kier alpha value is -2.24. The second-order valence-corrected chi connectivity index (χ2v) is 6.61. The van der Waals surface area contributed by atoms with Gasteiger partial charge in [0.2, 0.25) is 0 Å². The Morgan fingerprint density at radius 3 is 2.52 bits per heavy atom. The zero-order valence-electron chi connectivity index (χ0n) is 13.9. The highest BCUT2D eigenvalue weighted by molar-refractivity contribution is 6.39. The zero-order valence-corrected chi connectivity index (χ0v) is 15.4. The highest BCUT2D eigenvalue weighted by atomic mass is 35.5. The van der Waals surface area contributed by atoms with Crippen LogP contribution in [0.1, 0.15) is 35.9 Å². The highest BCUT2D eigenvalue weighted by Crippen LogP contribution is 2.35. The van der Waals surface area contributed by atoms with Gasteiger partial charge in [-0.1, -0.05) is 37.0 Å². The largest absolute Gasteiger partial charge is 0.493 e. The molecule has 1 amide bonds. The van der Waals surface area contributed by atoms with Crippen LogP contribution in [0.2, 0.25) is 10.0 Å². The van der Waals surface area contributed by atoms with Crippen LogP contribution in [0.5, 0.6) is 5.75 Å². The summed E-state index contributed by atoms with van der Waals surface area (Å²) in [5, 5.41) is 3.93. The van der Waals surface area contributed by atoms with Crippen molar-refractivity contribution in [2.75, 3.05) is 12.4 Å². The van der Waals surface area contributed by atoms with E-state index in [0.29, 0.717) is 28.0 Å². The van der Waals surface area contributed by atoms with E-state index in [1.165, 1.54) is 12.4 Å². The summed E-state index contributed by atoms with van der Waals surface area (Å²) in [6, 6.07) is 5.23. The molecule has 1 N–H and O–H groups in total. The van der Waals surface area contributed by atoms with E-state index >= 15 is 0 Å². The number of aromatic nitrogens is 1. The predicted octanol–water partition coefficient (Wildman–Crippen LogP) is 5.52. The summed E-state index contributed by atoms with van der Waals surface area (Å²) >= 11 is 12.1. The van der Waals surface area contributed by atoms with Crippen molar-refractivity contribution in [2.24, 2.45) is 0 Å². The number of anilines is 1. The molecule has 0 bridgehead atoms. The minimum Gasteiger partial charge on any atom is -0.493 e. The molecule has 0 unspecified atom stereocenters. The van der Waals surface area contributed by atoms with E-state index in [4.69, 9.17) is 32.4 Å². The standard InChI is InChI=1S/C18H16Cl2N2O3/c1-9(2)15-6-11-10(4-5-14(24-3)17(11)25-15)18(23)22-16-12(19)7-21-8-13(16)20/h4-9H,1-3H3,(H,21,22,23). The molecule has 0 saturated heterocycles. The first-order valence-corrected chi connectivity index (χ1v) is 8.38. The summed E-state index contributed by atoms with van der Waals surface area (Å²) in [5.41, 5.74) is 1.29. The molecule has 25 heavy (non-hydrogen) atoms. The fraction of sp³-hybridized carbons (Fsp3) is 0.222. The summed E-state index contributed by atoms with van der Waals surface area (Å²) < 4.78 is 11.2. The van der Waals surface area contributed by atoms with Crippen LogP contribution in [-0.2, 0) is 0 Å². The molecule has 1 aromatic carbocycles. The number of furan rings is 1. The van der Waals surface area contributed by atoms with Gasteiger partial charge in [0.1, 0.15) is 5.76 Å². The Kier molecular flexibility index (Phi) is 4.88. The third kappa shape index (κ3) is 3.30. The van der Waals surface area contributed by atoms with Crippen LogP contribution in [0.25, 0.3) is 11.0 Å². The van der Waals surface area contributed by atoms with Crippen LogP contribution in [0, 0.1) is 0 Å². The lowest BCUT2D eigenvalue weighted by molar-refractivity contribution is 0.102. The third-order valence-corrected chi connectivity index (χ3v) is 4.37. The number of amides is 1. The van der Waals surface area contributed by atoms with Gasteiger partial charge in [-0.15, -0.1) is 0 Å². The lowest BCUT2D eigenvalue weighted by atomic mass is 10.1. The van der Waals surface area contributed by atoms with Gasteiger partial charge in [-0.05, 0) is 18.2 Å². The van der Waals surface area contributed by atoms with E-state index < -0.39 is 0 Å². The second-order valence-electron chi connectivity index (χ2n) is 5.79. The maximum absolute atomic E-state index is 12.8. The lowest BCUT2D eigenvalue weighted by Gasteiger charge is -2.10. The van der Waals surface area contributed by atoms with Crippen molar-refractivity contribution in [1.29, 1.82) is 0 Å². The number of methoxy groups -OCH3 is 1. The average molecular weight is 379 g/mol. The van der Waals surface area contributed by atoms with Crippen molar-refractivity contribution < 1.29 is 13.9 Å². The van der Waals surface area contributed by atoms with Gasteiger partial charge < -0.3 is 14.5 Å². The molecule has 3 rings (SSSR count). The molecule has 2 aromatic heterocycles. The molecule has 130 valence electrons. The molecule has 0 aliphatic carbocycles. The van der Waals surface area contributed by atoms with Gasteiger partial charge in [0, 0.05) is 23.7 Å². The van der Waals surface area contributed by atoms with Crippen LogP contribution in [0.15, 0.2) is 35.0 Å². The fourth-order valence-electron chi connectivity index (χ4n) is 2.47. The number of fused-ring (bicyclic) bond motifs is 1. The maximum Gasteiger partial charge on any atom is 0.256 e. The molecular weight excluding hydrogens is 363 g/mol. The van der Waals surface area contributed by atoms with Gasteiger partial charge in [-0.2, -0.15) is 0 Å². The molecule has 3 aromatic rings. The van der Waals surface area contributed by atoms with E-state index in [0.717, 1.165) is 5.76 Å². The molecule has 7 heteroatoms. The van der Waals surface area contributed by atoms with Crippen LogP contribution < -0.4 is 10.1 Å². The number of halogens is 2. The summed E-state index contributed by atoms with van der Waals surface area (Å²) in [6.07, 6.45) is 2.84. The fourth-order valence-corrected chi connectivity index (χ4v) is 2.93. The molecule has 0 saturated carbocycles. The first-order chi connectivity index (χ1) is 11.9. The van der Waals surface area contributed by atoms with Crippen molar-refractivity contribution in [3.05, 3.63) is 52.0 Å². The van der Waals surface area contributed by atoms with E-state index in [9.17, 15) is 4.79 Å². The van der Waals surface area contributed by atoms with Gasteiger partial charge in [0.25, 0.3) is 5.91 Å². The number of rotatable bonds is 4. The lowest BCUT2D eigenvalue weighted by Crippen LogP contribution is -2.13. The molecule has 0 fully saturated rings. The van der Waals surface area contributed by atoms with E-state index in [1.807, 2.05) is 19.9 Å². The molecule has 2 heterocycles. The minimum atomic E-state index is -0.348. The summed E-state index contributed by atoms with van der Waals surface area (Å²) in [6.45, 7) is 4.03. The van der Waals surface area contributed by atoms with Crippen LogP contribution in [0.4, 0.5) is 5.69 Å². The smallest absolute Gasteiger partial charge is 0.256 e. The number of hydrogen-bond donors (Lipinski definition) is 1. The van der Waals surface area contributed by atoms with Gasteiger partial charge >= 0.3 is 0 Å². The Labute approximate surface area is 154 Å². The molecule has 0 aliphatic rings. The zero-order chi connectivity index (χ0) is 18.1. The van der Waals surface area contributed by atoms with Crippen molar-refractivity contribution in [1.82, 2.24) is 4.98 Å². The van der Waals surface area contributed by atoms with E-state index in [-0.39, 0.29) is 21.9 Å². The normalized spacial score (nSPS) is 11.1. The topological polar surface area (TPSA) is 64.4 Å². The highest BCUT2D eigenvalue weighted by Gasteiger charge is 2.20. The quantitative estimate of drug-likeness (QED) is 0.648. The molecule has 0 atom stereocenters. The summed E-state index contributed by atoms with van der Waals surface area (Å²) in [4.78, 5) is 16.7. The van der Waals surface area contributed by atoms with Gasteiger partial charge in [-0.25, -0.2) is 0 Å². The summed E-state index contributed by atoms with van der Waals surface area (Å²) in [5.74, 6) is 1.17. The van der Waals surface area contributed by atoms with E-state index in [2.05, 4.69) is 10.3 Å². The Bertz CT molecular complexity index is 931. The van der Waals surface area contributed by atoms with Crippen molar-refractivity contribution in [2.45, 2.75) is 19.8 Å². The number of carbonyl (C=O) groups excluding carboxylic acids is 1. The number of ether oxygens (including phenoxy) is 1. The Balaban J connectivity index is 2.07. The van der Waals surface area contributed by atoms with Gasteiger partial charge in [-0.3, -0.25) is 9.78 Å². The van der Waals surface area contributed by atoms with Crippen LogP contribution in [-0.4, -0.2) is 18.0 Å². The van der Waals surface area contributed by atoms with Crippen LogP contribution in [0.3, 0.4) is 0 Å². The number of nitrogens with one attached hydrogen (secondary N) is 1. The molecule has 0 aliphatic heterocycles.